The number of aryl methyl sites for hydroxylation is 1. The van der Waals surface area contributed by atoms with Crippen LogP contribution in [0, 0.1) is 6.92 Å². The molecule has 16 heavy (non-hydrogen) atoms. The fraction of sp³-hybridized carbons (Fsp3) is 0.385. The van der Waals surface area contributed by atoms with Crippen LogP contribution in [-0.2, 0) is 0 Å². The van der Waals surface area contributed by atoms with Gasteiger partial charge in [0.1, 0.15) is 0 Å². The molecule has 0 saturated heterocycles. The molecule has 0 aliphatic heterocycles. The van der Waals surface area contributed by atoms with Crippen molar-refractivity contribution < 1.29 is 0 Å². The molecule has 0 spiro atoms. The third-order valence-corrected chi connectivity index (χ3v) is 1.65. The third-order valence-electron chi connectivity index (χ3n) is 1.65. The molecule has 0 atom stereocenters. The maximum Gasteiger partial charge on any atom is 0.0676 e. The molecule has 2 rings (SSSR count). The molecular weight excluding hydrogens is 198 g/mol. The van der Waals surface area contributed by atoms with Crippen molar-refractivity contribution in [1.29, 1.82) is 0 Å². The maximum atomic E-state index is 4.27. The van der Waals surface area contributed by atoms with Gasteiger partial charge in [-0.3, -0.25) is 4.98 Å². The van der Waals surface area contributed by atoms with Crippen molar-refractivity contribution in [2.24, 2.45) is 0 Å². The lowest BCUT2D eigenvalue weighted by Gasteiger charge is -1.97. The first-order valence-corrected chi connectivity index (χ1v) is 5.79. The van der Waals surface area contributed by atoms with E-state index in [0.717, 1.165) is 11.4 Å². The number of hydrogen-bond donors (Lipinski definition) is 0. The Morgan fingerprint density at radius 3 is 1.94 bits per heavy atom. The van der Waals surface area contributed by atoms with Crippen LogP contribution in [0.4, 0.5) is 0 Å². The standard InChI is InChI=1S/C9H9N3.2C2H6/c1-8-4-7-12(11-8)9-2-5-10-6-3-9;2*1-2/h2-7H,1H3;2*1-2H3. The second-order valence-corrected chi connectivity index (χ2v) is 2.61. The summed E-state index contributed by atoms with van der Waals surface area (Å²) in [6, 6.07) is 5.82. The number of pyridine rings is 1. The van der Waals surface area contributed by atoms with Crippen molar-refractivity contribution >= 4 is 0 Å². The number of hydrogen-bond acceptors (Lipinski definition) is 2. The molecule has 2 aromatic rings. The summed E-state index contributed by atoms with van der Waals surface area (Å²) < 4.78 is 1.83. The summed E-state index contributed by atoms with van der Waals surface area (Å²) in [6.45, 7) is 9.97. The summed E-state index contributed by atoms with van der Waals surface area (Å²) in [4.78, 5) is 3.94. The van der Waals surface area contributed by atoms with Crippen molar-refractivity contribution in [2.75, 3.05) is 0 Å². The fourth-order valence-corrected chi connectivity index (χ4v) is 1.06. The molecule has 0 aliphatic carbocycles. The van der Waals surface area contributed by atoms with Crippen LogP contribution >= 0.6 is 0 Å². The van der Waals surface area contributed by atoms with Crippen molar-refractivity contribution in [3.05, 3.63) is 42.5 Å². The van der Waals surface area contributed by atoms with Gasteiger partial charge in [-0.1, -0.05) is 27.7 Å². The second kappa shape index (κ2) is 8.65. The van der Waals surface area contributed by atoms with Crippen LogP contribution in [0.5, 0.6) is 0 Å². The normalized spacial score (nSPS) is 8.31. The molecule has 0 radical (unpaired) electrons. The van der Waals surface area contributed by atoms with E-state index in [1.165, 1.54) is 0 Å². The van der Waals surface area contributed by atoms with Crippen molar-refractivity contribution in [2.45, 2.75) is 34.6 Å². The zero-order valence-electron chi connectivity index (χ0n) is 10.8. The monoisotopic (exact) mass is 219 g/mol. The van der Waals surface area contributed by atoms with Gasteiger partial charge >= 0.3 is 0 Å². The van der Waals surface area contributed by atoms with Gasteiger partial charge in [-0.15, -0.1) is 0 Å². The first kappa shape index (κ1) is 14.4. The Hall–Kier alpha value is -1.64. The molecule has 2 heterocycles. The predicted molar refractivity (Wildman–Crippen MR) is 68.8 cm³/mol. The van der Waals surface area contributed by atoms with E-state index in [0.29, 0.717) is 0 Å². The highest BCUT2D eigenvalue weighted by Crippen LogP contribution is 2.04. The Morgan fingerprint density at radius 2 is 1.50 bits per heavy atom. The van der Waals surface area contributed by atoms with Gasteiger partial charge in [-0.05, 0) is 25.1 Å². The lowest BCUT2D eigenvalue weighted by Crippen LogP contribution is -1.94. The van der Waals surface area contributed by atoms with E-state index in [1.54, 1.807) is 12.4 Å². The molecule has 0 amide bonds. The van der Waals surface area contributed by atoms with Crippen molar-refractivity contribution in [1.82, 2.24) is 14.8 Å². The van der Waals surface area contributed by atoms with E-state index in [2.05, 4.69) is 10.1 Å². The SMILES string of the molecule is CC.CC.Cc1ccn(-c2ccncc2)n1. The van der Waals surface area contributed by atoms with E-state index >= 15 is 0 Å². The molecule has 0 aromatic carbocycles. The van der Waals surface area contributed by atoms with E-state index < -0.39 is 0 Å². The van der Waals surface area contributed by atoms with Crippen LogP contribution in [-0.4, -0.2) is 14.8 Å². The van der Waals surface area contributed by atoms with E-state index in [1.807, 2.05) is 63.7 Å². The molecule has 3 nitrogen and oxygen atoms in total. The summed E-state index contributed by atoms with van der Waals surface area (Å²) in [5, 5.41) is 4.27. The molecule has 0 saturated carbocycles. The van der Waals surface area contributed by atoms with Gasteiger partial charge < -0.3 is 0 Å². The fourth-order valence-electron chi connectivity index (χ4n) is 1.06. The Balaban J connectivity index is 0.000000509. The van der Waals surface area contributed by atoms with Crippen LogP contribution in [0.2, 0.25) is 0 Å². The molecular formula is C13H21N3. The summed E-state index contributed by atoms with van der Waals surface area (Å²) in [6.07, 6.45) is 5.45. The van der Waals surface area contributed by atoms with Gasteiger partial charge in [0, 0.05) is 18.6 Å². The van der Waals surface area contributed by atoms with Crippen LogP contribution in [0.25, 0.3) is 5.69 Å². The third kappa shape index (κ3) is 4.26. The van der Waals surface area contributed by atoms with Gasteiger partial charge in [-0.2, -0.15) is 5.10 Å². The Morgan fingerprint density at radius 1 is 0.938 bits per heavy atom. The maximum absolute atomic E-state index is 4.27. The molecule has 3 heteroatoms. The lowest BCUT2D eigenvalue weighted by atomic mass is 10.4. The molecule has 88 valence electrons. The Kier molecular flexibility index (Phi) is 7.76. The summed E-state index contributed by atoms with van der Waals surface area (Å²) in [5.41, 5.74) is 2.06. The zero-order valence-corrected chi connectivity index (χ0v) is 10.8. The van der Waals surface area contributed by atoms with E-state index in [9.17, 15) is 0 Å². The largest absolute Gasteiger partial charge is 0.265 e. The average molecular weight is 219 g/mol. The molecule has 2 aromatic heterocycles. The summed E-state index contributed by atoms with van der Waals surface area (Å²) in [7, 11) is 0. The first-order valence-electron chi connectivity index (χ1n) is 5.79. The zero-order chi connectivity index (χ0) is 12.4. The molecule has 0 fully saturated rings. The minimum absolute atomic E-state index is 1.02. The summed E-state index contributed by atoms with van der Waals surface area (Å²) >= 11 is 0. The van der Waals surface area contributed by atoms with Crippen LogP contribution in [0.15, 0.2) is 36.8 Å². The Bertz CT molecular complexity index is 366. The minimum Gasteiger partial charge on any atom is -0.265 e. The lowest BCUT2D eigenvalue weighted by molar-refractivity contribution is 0.860. The number of nitrogens with zero attached hydrogens (tertiary/aromatic N) is 3. The molecule has 0 aliphatic rings. The van der Waals surface area contributed by atoms with Crippen LogP contribution < -0.4 is 0 Å². The topological polar surface area (TPSA) is 30.7 Å². The highest BCUT2D eigenvalue weighted by molar-refractivity contribution is 5.27. The van der Waals surface area contributed by atoms with Gasteiger partial charge in [0.15, 0.2) is 0 Å². The average Bonchev–Trinajstić information content (AvgIpc) is 2.82. The molecule has 0 bridgehead atoms. The first-order chi connectivity index (χ1) is 7.86. The number of rotatable bonds is 1. The Labute approximate surface area is 98.2 Å². The van der Waals surface area contributed by atoms with Crippen LogP contribution in [0.3, 0.4) is 0 Å². The van der Waals surface area contributed by atoms with Crippen molar-refractivity contribution in [3.8, 4) is 5.69 Å². The van der Waals surface area contributed by atoms with E-state index in [-0.39, 0.29) is 0 Å². The van der Waals surface area contributed by atoms with Gasteiger partial charge in [0.05, 0.1) is 11.4 Å². The van der Waals surface area contributed by atoms with Crippen LogP contribution in [0.1, 0.15) is 33.4 Å². The molecule has 0 unspecified atom stereocenters. The van der Waals surface area contributed by atoms with Gasteiger partial charge in [0.2, 0.25) is 0 Å². The van der Waals surface area contributed by atoms with Gasteiger partial charge in [0.25, 0.3) is 0 Å². The number of aromatic nitrogens is 3. The second-order valence-electron chi connectivity index (χ2n) is 2.61. The van der Waals surface area contributed by atoms with Crippen molar-refractivity contribution in [3.63, 3.8) is 0 Å². The highest BCUT2D eigenvalue weighted by atomic mass is 15.3. The highest BCUT2D eigenvalue weighted by Gasteiger charge is 1.95. The predicted octanol–water partition coefficient (Wildman–Crippen LogP) is 3.63. The van der Waals surface area contributed by atoms with E-state index in [4.69, 9.17) is 0 Å². The smallest absolute Gasteiger partial charge is 0.0676 e. The minimum atomic E-state index is 1.02. The quantitative estimate of drug-likeness (QED) is 0.733. The summed E-state index contributed by atoms with van der Waals surface area (Å²) in [5.74, 6) is 0. The van der Waals surface area contributed by atoms with Gasteiger partial charge in [-0.25, -0.2) is 4.68 Å². The molecule has 0 N–H and O–H groups in total.